The second-order valence-electron chi connectivity index (χ2n) is 6.27. The Morgan fingerprint density at radius 2 is 2.09 bits per heavy atom. The molecule has 5 nitrogen and oxygen atoms in total. The number of rotatable bonds is 4. The van der Waals surface area contributed by atoms with Gasteiger partial charge in [-0.2, -0.15) is 5.10 Å². The summed E-state index contributed by atoms with van der Waals surface area (Å²) in [7, 11) is 1.68. The summed E-state index contributed by atoms with van der Waals surface area (Å²) in [4.78, 5) is 11.4. The quantitative estimate of drug-likeness (QED) is 0.926. The molecule has 3 rings (SSSR count). The summed E-state index contributed by atoms with van der Waals surface area (Å²) >= 11 is 6.33. The molecular weight excluding hydrogens is 314 g/mol. The van der Waals surface area contributed by atoms with Crippen molar-refractivity contribution in [1.82, 2.24) is 14.8 Å². The molecule has 1 aliphatic rings. The molecule has 2 aromatic rings. The van der Waals surface area contributed by atoms with E-state index in [-0.39, 0.29) is 12.3 Å². The number of nitrogens with one attached hydrogen (secondary N) is 1. The van der Waals surface area contributed by atoms with Crippen molar-refractivity contribution in [3.8, 4) is 5.75 Å². The number of aromatic nitrogens is 3. The normalized spacial score (nSPS) is 15.8. The summed E-state index contributed by atoms with van der Waals surface area (Å²) in [5.74, 6) is 1.94. The fraction of sp³-hybridized carbons (Fsp3) is 0.529. The minimum absolute atomic E-state index is 0.233. The molecule has 1 aromatic heterocycles. The molecule has 1 aliphatic carbocycles. The van der Waals surface area contributed by atoms with Crippen LogP contribution in [0.2, 0.25) is 5.02 Å². The van der Waals surface area contributed by atoms with E-state index in [0.717, 1.165) is 16.3 Å². The third-order valence-corrected chi connectivity index (χ3v) is 5.07. The maximum atomic E-state index is 11.4. The van der Waals surface area contributed by atoms with Gasteiger partial charge in [0.15, 0.2) is 5.82 Å². The Labute approximate surface area is 140 Å². The standard InChI is InChI=1S/C17H22ClN3O2/c1-11-8-15(23-10-16-19-20-17(22)21(16)2)13(9-14(11)18)12-6-4-3-5-7-12/h8-9,12H,3-7,10H2,1-2H3,(H,20,22). The van der Waals surface area contributed by atoms with Gasteiger partial charge in [-0.1, -0.05) is 30.9 Å². The van der Waals surface area contributed by atoms with Gasteiger partial charge in [0.05, 0.1) is 0 Å². The first kappa shape index (κ1) is 16.1. The van der Waals surface area contributed by atoms with Crippen molar-refractivity contribution < 1.29 is 4.74 Å². The average Bonchev–Trinajstić information content (AvgIpc) is 2.88. The molecule has 124 valence electrons. The summed E-state index contributed by atoms with van der Waals surface area (Å²) in [6.07, 6.45) is 6.17. The fourth-order valence-corrected chi connectivity index (χ4v) is 3.35. The number of hydrogen-bond acceptors (Lipinski definition) is 3. The Morgan fingerprint density at radius 1 is 1.35 bits per heavy atom. The van der Waals surface area contributed by atoms with E-state index < -0.39 is 0 Å². The van der Waals surface area contributed by atoms with Crippen LogP contribution in [0.25, 0.3) is 0 Å². The van der Waals surface area contributed by atoms with Crippen molar-refractivity contribution >= 4 is 11.6 Å². The monoisotopic (exact) mass is 335 g/mol. The molecule has 0 atom stereocenters. The number of hydrogen-bond donors (Lipinski definition) is 1. The van der Waals surface area contributed by atoms with Crippen LogP contribution in [0.5, 0.6) is 5.75 Å². The highest BCUT2D eigenvalue weighted by Crippen LogP contribution is 2.40. The van der Waals surface area contributed by atoms with Gasteiger partial charge in [0.2, 0.25) is 0 Å². The molecule has 0 spiro atoms. The zero-order valence-electron chi connectivity index (χ0n) is 13.6. The van der Waals surface area contributed by atoms with Crippen molar-refractivity contribution in [2.75, 3.05) is 0 Å². The maximum absolute atomic E-state index is 11.4. The molecule has 0 saturated heterocycles. The van der Waals surface area contributed by atoms with Gasteiger partial charge in [-0.3, -0.25) is 4.57 Å². The zero-order valence-corrected chi connectivity index (χ0v) is 14.3. The number of ether oxygens (including phenoxy) is 1. The van der Waals surface area contributed by atoms with Crippen molar-refractivity contribution in [3.05, 3.63) is 44.6 Å². The van der Waals surface area contributed by atoms with Gasteiger partial charge >= 0.3 is 5.69 Å². The van der Waals surface area contributed by atoms with Crippen LogP contribution in [0.3, 0.4) is 0 Å². The Kier molecular flexibility index (Phi) is 4.76. The average molecular weight is 336 g/mol. The van der Waals surface area contributed by atoms with E-state index in [9.17, 15) is 4.79 Å². The van der Waals surface area contributed by atoms with Gasteiger partial charge in [0.1, 0.15) is 12.4 Å². The molecule has 0 unspecified atom stereocenters. The van der Waals surface area contributed by atoms with Gasteiger partial charge in [0.25, 0.3) is 0 Å². The molecule has 1 heterocycles. The minimum atomic E-state index is -0.233. The van der Waals surface area contributed by atoms with E-state index in [2.05, 4.69) is 10.2 Å². The number of aryl methyl sites for hydroxylation is 1. The number of halogens is 1. The lowest BCUT2D eigenvalue weighted by Crippen LogP contribution is -2.16. The molecule has 1 N–H and O–H groups in total. The summed E-state index contributed by atoms with van der Waals surface area (Å²) in [5.41, 5.74) is 1.95. The largest absolute Gasteiger partial charge is 0.485 e. The van der Waals surface area contributed by atoms with E-state index in [1.165, 1.54) is 42.2 Å². The first-order chi connectivity index (χ1) is 11.1. The van der Waals surface area contributed by atoms with Crippen molar-refractivity contribution in [3.63, 3.8) is 0 Å². The van der Waals surface area contributed by atoms with Crippen LogP contribution in [0.4, 0.5) is 0 Å². The molecule has 1 saturated carbocycles. The molecule has 6 heteroatoms. The highest BCUT2D eigenvalue weighted by molar-refractivity contribution is 6.31. The van der Waals surface area contributed by atoms with Crippen molar-refractivity contribution in [1.29, 1.82) is 0 Å². The van der Waals surface area contributed by atoms with Crippen LogP contribution in [0.15, 0.2) is 16.9 Å². The highest BCUT2D eigenvalue weighted by Gasteiger charge is 2.21. The molecule has 1 aromatic carbocycles. The van der Waals surface area contributed by atoms with Gasteiger partial charge < -0.3 is 4.74 Å². The summed E-state index contributed by atoms with van der Waals surface area (Å²) in [6, 6.07) is 4.04. The fourth-order valence-electron chi connectivity index (χ4n) is 3.18. The molecule has 23 heavy (non-hydrogen) atoms. The van der Waals surface area contributed by atoms with Crippen LogP contribution in [0.1, 0.15) is 55.0 Å². The Balaban J connectivity index is 1.86. The third kappa shape index (κ3) is 3.44. The van der Waals surface area contributed by atoms with Crippen molar-refractivity contribution in [2.24, 2.45) is 7.05 Å². The number of H-pyrrole nitrogens is 1. The van der Waals surface area contributed by atoms with E-state index in [1.54, 1.807) is 7.05 Å². The first-order valence-electron chi connectivity index (χ1n) is 8.09. The van der Waals surface area contributed by atoms with E-state index in [1.807, 2.05) is 19.1 Å². The van der Waals surface area contributed by atoms with Gasteiger partial charge in [-0.15, -0.1) is 0 Å². The van der Waals surface area contributed by atoms with Gasteiger partial charge in [0, 0.05) is 12.1 Å². The smallest absolute Gasteiger partial charge is 0.343 e. The second kappa shape index (κ2) is 6.79. The number of benzene rings is 1. The summed E-state index contributed by atoms with van der Waals surface area (Å²) < 4.78 is 7.47. The third-order valence-electron chi connectivity index (χ3n) is 4.67. The molecule has 1 fully saturated rings. The SMILES string of the molecule is Cc1cc(OCc2n[nH]c(=O)n2C)c(C2CCCCC2)cc1Cl. The topological polar surface area (TPSA) is 59.9 Å². The van der Waals surface area contributed by atoms with E-state index in [4.69, 9.17) is 16.3 Å². The molecule has 0 amide bonds. The number of aromatic amines is 1. The predicted molar refractivity (Wildman–Crippen MR) is 90.2 cm³/mol. The molecular formula is C17H22ClN3O2. The zero-order chi connectivity index (χ0) is 16.4. The lowest BCUT2D eigenvalue weighted by Gasteiger charge is -2.25. The minimum Gasteiger partial charge on any atom is -0.485 e. The maximum Gasteiger partial charge on any atom is 0.343 e. The van der Waals surface area contributed by atoms with Crippen LogP contribution >= 0.6 is 11.6 Å². The summed E-state index contributed by atoms with van der Waals surface area (Å²) in [6.45, 7) is 2.24. The Morgan fingerprint density at radius 3 is 2.74 bits per heavy atom. The van der Waals surface area contributed by atoms with Gasteiger partial charge in [-0.25, -0.2) is 9.89 Å². The Bertz CT molecular complexity index is 745. The summed E-state index contributed by atoms with van der Waals surface area (Å²) in [5, 5.41) is 7.20. The predicted octanol–water partition coefficient (Wildman–Crippen LogP) is 3.70. The lowest BCUT2D eigenvalue weighted by atomic mass is 9.83. The molecule has 0 aliphatic heterocycles. The highest BCUT2D eigenvalue weighted by atomic mass is 35.5. The van der Waals surface area contributed by atoms with Gasteiger partial charge in [-0.05, 0) is 48.9 Å². The van der Waals surface area contributed by atoms with Crippen LogP contribution in [-0.4, -0.2) is 14.8 Å². The Hall–Kier alpha value is -1.75. The van der Waals surface area contributed by atoms with Crippen LogP contribution in [-0.2, 0) is 13.7 Å². The van der Waals surface area contributed by atoms with Crippen LogP contribution in [0, 0.1) is 6.92 Å². The van der Waals surface area contributed by atoms with Crippen LogP contribution < -0.4 is 10.4 Å². The second-order valence-corrected chi connectivity index (χ2v) is 6.67. The first-order valence-corrected chi connectivity index (χ1v) is 8.47. The lowest BCUT2D eigenvalue weighted by molar-refractivity contribution is 0.283. The van der Waals surface area contributed by atoms with E-state index in [0.29, 0.717) is 11.7 Å². The van der Waals surface area contributed by atoms with Crippen molar-refractivity contribution in [2.45, 2.75) is 51.6 Å². The van der Waals surface area contributed by atoms with E-state index >= 15 is 0 Å². The number of nitrogens with zero attached hydrogens (tertiary/aromatic N) is 2. The molecule has 0 radical (unpaired) electrons. The molecule has 0 bridgehead atoms.